The monoisotopic (exact) mass is 496 g/mol. The number of ether oxygens (including phenoxy) is 1. The Morgan fingerprint density at radius 3 is 2.33 bits per heavy atom. The number of fused-ring (bicyclic) bond motifs is 1. The van der Waals surface area contributed by atoms with Crippen molar-refractivity contribution in [2.24, 2.45) is 17.8 Å². The number of hydrogen-bond donors (Lipinski definition) is 1. The molecule has 2 rings (SSSR count). The summed E-state index contributed by atoms with van der Waals surface area (Å²) in [6.07, 6.45) is 12.1. The van der Waals surface area contributed by atoms with Crippen LogP contribution in [0.15, 0.2) is 12.2 Å². The second-order valence-corrected chi connectivity index (χ2v) is 22.6. The molecule has 5 atom stereocenters. The van der Waals surface area contributed by atoms with E-state index in [2.05, 4.69) is 79.9 Å². The van der Waals surface area contributed by atoms with E-state index in [0.29, 0.717) is 12.3 Å². The van der Waals surface area contributed by atoms with Gasteiger partial charge in [0.2, 0.25) is 0 Å². The maximum Gasteiger partial charge on any atom is 0.306 e. The van der Waals surface area contributed by atoms with Crippen LogP contribution in [0.25, 0.3) is 0 Å². The first kappa shape index (κ1) is 28.8. The van der Waals surface area contributed by atoms with E-state index in [-0.39, 0.29) is 40.1 Å². The van der Waals surface area contributed by atoms with Gasteiger partial charge in [0, 0.05) is 18.3 Å². The maximum atomic E-state index is 12.1. The lowest BCUT2D eigenvalue weighted by Gasteiger charge is -2.40. The van der Waals surface area contributed by atoms with Crippen molar-refractivity contribution in [3.05, 3.63) is 12.2 Å². The normalized spacial score (nSPS) is 27.8. The van der Waals surface area contributed by atoms with Crippen molar-refractivity contribution in [2.45, 2.75) is 135 Å². The molecule has 0 aromatic heterocycles. The molecular weight excluding hydrogens is 444 g/mol. The standard InChI is InChI=1S/C27H52O4Si2/c1-11-12-13-14-20(19-27(5,6)32(7,8)29)15-16-21-22-17-25(28)30-23(22)18-24(21)31-33(9,10)26(2,3)4/h15-16,20-24,29H,11-14,17-19H2,1-10H3/b16-15+/t20-,21+,22+,23-,24+/m0/s1. The molecule has 0 amide bonds. The van der Waals surface area contributed by atoms with E-state index < -0.39 is 16.6 Å². The molecule has 4 nitrogen and oxygen atoms in total. The van der Waals surface area contributed by atoms with Gasteiger partial charge in [-0.2, -0.15) is 0 Å². The van der Waals surface area contributed by atoms with Crippen LogP contribution in [0.4, 0.5) is 0 Å². The van der Waals surface area contributed by atoms with Crippen LogP contribution in [-0.4, -0.2) is 39.6 Å². The third-order valence-electron chi connectivity index (χ3n) is 9.02. The first-order valence-electron chi connectivity index (χ1n) is 13.3. The molecule has 1 N–H and O–H groups in total. The van der Waals surface area contributed by atoms with Crippen molar-refractivity contribution < 1.29 is 18.8 Å². The first-order valence-corrected chi connectivity index (χ1v) is 19.1. The summed E-state index contributed by atoms with van der Waals surface area (Å²) in [6, 6.07) is 0. The SMILES string of the molecule is CCCCC[C@@H](/C=C/[C@@H]1[C@H]2CC(=O)O[C@H]2C[C@H]1O[Si](C)(C)C(C)(C)C)CC(C)(C)[Si](C)(C)O. The molecule has 1 aliphatic carbocycles. The van der Waals surface area contributed by atoms with E-state index in [1.165, 1.54) is 19.3 Å². The molecule has 1 saturated heterocycles. The quantitative estimate of drug-likeness (QED) is 0.140. The number of carbonyl (C=O) groups excluding carboxylic acids is 1. The summed E-state index contributed by atoms with van der Waals surface area (Å²) >= 11 is 0. The minimum absolute atomic E-state index is 0.000633. The summed E-state index contributed by atoms with van der Waals surface area (Å²) in [4.78, 5) is 23.0. The molecule has 1 saturated carbocycles. The van der Waals surface area contributed by atoms with Crippen LogP contribution in [0.1, 0.15) is 86.5 Å². The molecule has 0 unspecified atom stereocenters. The number of hydrogen-bond acceptors (Lipinski definition) is 4. The number of allylic oxidation sites excluding steroid dienone is 1. The molecule has 33 heavy (non-hydrogen) atoms. The predicted octanol–water partition coefficient (Wildman–Crippen LogP) is 7.45. The van der Waals surface area contributed by atoms with Crippen LogP contribution in [0.3, 0.4) is 0 Å². The van der Waals surface area contributed by atoms with E-state index in [1.807, 2.05) is 0 Å². The van der Waals surface area contributed by atoms with Crippen molar-refractivity contribution in [1.82, 2.24) is 0 Å². The molecule has 0 aromatic carbocycles. The second-order valence-electron chi connectivity index (χ2n) is 13.4. The van der Waals surface area contributed by atoms with Gasteiger partial charge in [-0.3, -0.25) is 4.79 Å². The van der Waals surface area contributed by atoms with Gasteiger partial charge in [0.25, 0.3) is 0 Å². The average molecular weight is 497 g/mol. The second kappa shape index (κ2) is 10.7. The van der Waals surface area contributed by atoms with Crippen molar-refractivity contribution in [3.8, 4) is 0 Å². The highest BCUT2D eigenvalue weighted by Gasteiger charge is 2.52. The lowest BCUT2D eigenvalue weighted by Crippen LogP contribution is -2.45. The van der Waals surface area contributed by atoms with Crippen LogP contribution < -0.4 is 0 Å². The van der Waals surface area contributed by atoms with Crippen LogP contribution in [0.5, 0.6) is 0 Å². The Morgan fingerprint density at radius 1 is 1.15 bits per heavy atom. The Balaban J connectivity index is 2.26. The van der Waals surface area contributed by atoms with Gasteiger partial charge in [-0.1, -0.05) is 73.0 Å². The highest BCUT2D eigenvalue weighted by atomic mass is 28.4. The third kappa shape index (κ3) is 7.28. The molecule has 0 radical (unpaired) electrons. The Hall–Kier alpha value is -0.436. The summed E-state index contributed by atoms with van der Waals surface area (Å²) in [6.45, 7) is 22.3. The summed E-state index contributed by atoms with van der Waals surface area (Å²) in [5.74, 6) is 0.849. The highest BCUT2D eigenvalue weighted by molar-refractivity contribution is 6.74. The van der Waals surface area contributed by atoms with Crippen LogP contribution in [0, 0.1) is 17.8 Å². The summed E-state index contributed by atoms with van der Waals surface area (Å²) in [7, 11) is -4.19. The molecule has 1 heterocycles. The molecule has 192 valence electrons. The summed E-state index contributed by atoms with van der Waals surface area (Å²) in [5.41, 5.74) is 0. The zero-order valence-corrected chi connectivity index (χ0v) is 25.2. The van der Waals surface area contributed by atoms with Crippen molar-refractivity contribution >= 4 is 22.6 Å². The van der Waals surface area contributed by atoms with Crippen LogP contribution >= 0.6 is 0 Å². The molecule has 0 spiro atoms. The van der Waals surface area contributed by atoms with E-state index >= 15 is 0 Å². The Kier molecular flexibility index (Phi) is 9.31. The van der Waals surface area contributed by atoms with E-state index in [1.54, 1.807) is 0 Å². The molecule has 1 aliphatic heterocycles. The largest absolute Gasteiger partial charge is 0.462 e. The fourth-order valence-corrected chi connectivity index (χ4v) is 7.08. The Morgan fingerprint density at radius 2 is 1.79 bits per heavy atom. The van der Waals surface area contributed by atoms with Crippen LogP contribution in [0.2, 0.25) is 36.3 Å². The zero-order chi connectivity index (χ0) is 25.2. The van der Waals surface area contributed by atoms with Crippen molar-refractivity contribution in [1.29, 1.82) is 0 Å². The Labute approximate surface area is 206 Å². The molecule has 2 aliphatic rings. The van der Waals surface area contributed by atoms with Gasteiger partial charge < -0.3 is 14.0 Å². The Bertz CT molecular complexity index is 687. The van der Waals surface area contributed by atoms with Crippen molar-refractivity contribution in [2.75, 3.05) is 0 Å². The molecule has 2 fully saturated rings. The zero-order valence-electron chi connectivity index (χ0n) is 23.2. The fourth-order valence-electron chi connectivity index (χ4n) is 4.96. The minimum Gasteiger partial charge on any atom is -0.462 e. The van der Waals surface area contributed by atoms with Crippen molar-refractivity contribution in [3.63, 3.8) is 0 Å². The summed E-state index contributed by atoms with van der Waals surface area (Å²) < 4.78 is 12.6. The average Bonchev–Trinajstić information content (AvgIpc) is 3.12. The molecule has 6 heteroatoms. The number of rotatable bonds is 11. The fraction of sp³-hybridized carbons (Fsp3) is 0.889. The lowest BCUT2D eigenvalue weighted by molar-refractivity contribution is -0.141. The van der Waals surface area contributed by atoms with Gasteiger partial charge in [0.1, 0.15) is 6.10 Å². The van der Waals surface area contributed by atoms with Gasteiger partial charge in [0.15, 0.2) is 16.6 Å². The van der Waals surface area contributed by atoms with Gasteiger partial charge in [-0.25, -0.2) is 0 Å². The molecule has 0 aromatic rings. The smallest absolute Gasteiger partial charge is 0.306 e. The number of unbranched alkanes of at least 4 members (excludes halogenated alkanes) is 2. The van der Waals surface area contributed by atoms with Gasteiger partial charge in [-0.05, 0) is 55.0 Å². The predicted molar refractivity (Wildman–Crippen MR) is 143 cm³/mol. The van der Waals surface area contributed by atoms with E-state index in [9.17, 15) is 9.59 Å². The van der Waals surface area contributed by atoms with E-state index in [0.717, 1.165) is 19.3 Å². The topological polar surface area (TPSA) is 55.8 Å². The lowest BCUT2D eigenvalue weighted by atomic mass is 9.87. The minimum atomic E-state index is -2.27. The molecule has 0 bridgehead atoms. The number of esters is 1. The van der Waals surface area contributed by atoms with Gasteiger partial charge in [0.05, 0.1) is 12.5 Å². The van der Waals surface area contributed by atoms with E-state index in [4.69, 9.17) is 9.16 Å². The van der Waals surface area contributed by atoms with Gasteiger partial charge >= 0.3 is 5.97 Å². The van der Waals surface area contributed by atoms with Crippen LogP contribution in [-0.2, 0) is 14.0 Å². The maximum absolute atomic E-state index is 12.1. The third-order valence-corrected chi connectivity index (χ3v) is 17.0. The first-order chi connectivity index (χ1) is 15.0. The highest BCUT2D eigenvalue weighted by Crippen LogP contribution is 2.48. The number of carbonyl (C=O) groups is 1. The summed E-state index contributed by atoms with van der Waals surface area (Å²) in [5, 5.41) is 0.107. The van der Waals surface area contributed by atoms with Gasteiger partial charge in [-0.15, -0.1) is 0 Å². The molecular formula is C27H52O4Si2.